The van der Waals surface area contributed by atoms with Crippen LogP contribution >= 0.6 is 0 Å². The van der Waals surface area contributed by atoms with Crippen LogP contribution in [0.25, 0.3) is 0 Å². The summed E-state index contributed by atoms with van der Waals surface area (Å²) >= 11 is 0. The van der Waals surface area contributed by atoms with Gasteiger partial charge in [-0.25, -0.2) is 0 Å². The molecular weight excluding hydrogens is 236 g/mol. The summed E-state index contributed by atoms with van der Waals surface area (Å²) in [7, 11) is 1.35. The minimum absolute atomic E-state index is 0.0322. The van der Waals surface area contributed by atoms with Gasteiger partial charge in [-0.3, -0.25) is 14.9 Å². The van der Waals surface area contributed by atoms with E-state index >= 15 is 0 Å². The number of hydrogen-bond donors (Lipinski definition) is 1. The van der Waals surface area contributed by atoms with Crippen molar-refractivity contribution in [1.29, 1.82) is 0 Å². The number of methoxy groups -OCH3 is 1. The van der Waals surface area contributed by atoms with E-state index in [0.29, 0.717) is 13.0 Å². The molecule has 96 valence electrons. The highest BCUT2D eigenvalue weighted by molar-refractivity contribution is 5.74. The van der Waals surface area contributed by atoms with Gasteiger partial charge >= 0.3 is 5.97 Å². The summed E-state index contributed by atoms with van der Waals surface area (Å²) in [6.45, 7) is 0.702. The Morgan fingerprint density at radius 2 is 2.33 bits per heavy atom. The van der Waals surface area contributed by atoms with Crippen LogP contribution in [0.4, 0.5) is 5.69 Å². The summed E-state index contributed by atoms with van der Waals surface area (Å²) in [4.78, 5) is 21.9. The number of hydrogen-bond acceptors (Lipinski definition) is 5. The van der Waals surface area contributed by atoms with E-state index in [2.05, 4.69) is 5.32 Å². The van der Waals surface area contributed by atoms with Crippen molar-refractivity contribution in [3.05, 3.63) is 39.9 Å². The summed E-state index contributed by atoms with van der Waals surface area (Å²) in [5, 5.41) is 13.9. The van der Waals surface area contributed by atoms with Gasteiger partial charge in [-0.05, 0) is 18.5 Å². The molecule has 2 rings (SSSR count). The van der Waals surface area contributed by atoms with Gasteiger partial charge in [0.25, 0.3) is 5.69 Å². The number of esters is 1. The highest BCUT2D eigenvalue weighted by atomic mass is 16.6. The summed E-state index contributed by atoms with van der Waals surface area (Å²) in [5.74, 6) is -0.562. The van der Waals surface area contributed by atoms with E-state index in [1.165, 1.54) is 19.2 Å². The molecule has 1 aliphatic rings. The molecule has 0 aromatic heterocycles. The largest absolute Gasteiger partial charge is 0.469 e. The van der Waals surface area contributed by atoms with Gasteiger partial charge in [0.2, 0.25) is 0 Å². The molecule has 6 heteroatoms. The van der Waals surface area contributed by atoms with E-state index in [-0.39, 0.29) is 23.6 Å². The minimum Gasteiger partial charge on any atom is -0.469 e. The van der Waals surface area contributed by atoms with Crippen molar-refractivity contribution in [3.8, 4) is 0 Å². The number of nitro groups is 1. The third-order valence-corrected chi connectivity index (χ3v) is 3.17. The molecule has 0 aliphatic carbocycles. The smallest absolute Gasteiger partial charge is 0.310 e. The van der Waals surface area contributed by atoms with E-state index in [0.717, 1.165) is 5.56 Å². The zero-order valence-corrected chi connectivity index (χ0v) is 9.96. The number of nitro benzene ring substituents is 1. The first-order chi connectivity index (χ1) is 8.63. The molecule has 1 heterocycles. The second-order valence-electron chi connectivity index (χ2n) is 4.20. The maximum Gasteiger partial charge on any atom is 0.310 e. The lowest BCUT2D eigenvalue weighted by atomic mass is 9.94. The van der Waals surface area contributed by atoms with Crippen molar-refractivity contribution >= 4 is 11.7 Å². The van der Waals surface area contributed by atoms with Gasteiger partial charge in [0.05, 0.1) is 18.0 Å². The lowest BCUT2D eigenvalue weighted by molar-refractivity contribution is -0.384. The van der Waals surface area contributed by atoms with E-state index < -0.39 is 4.92 Å². The molecule has 0 saturated carbocycles. The van der Waals surface area contributed by atoms with Crippen LogP contribution in [0, 0.1) is 16.0 Å². The summed E-state index contributed by atoms with van der Waals surface area (Å²) < 4.78 is 4.75. The Labute approximate surface area is 104 Å². The second-order valence-corrected chi connectivity index (χ2v) is 4.20. The number of benzene rings is 1. The van der Waals surface area contributed by atoms with Crippen molar-refractivity contribution in [2.75, 3.05) is 13.7 Å². The van der Waals surface area contributed by atoms with Crippen molar-refractivity contribution in [1.82, 2.24) is 5.32 Å². The molecule has 6 nitrogen and oxygen atoms in total. The fraction of sp³-hybridized carbons (Fsp3) is 0.417. The Balaban J connectivity index is 2.27. The summed E-state index contributed by atoms with van der Waals surface area (Å²) in [6, 6.07) is 6.13. The average Bonchev–Trinajstić information content (AvgIpc) is 2.87. The molecule has 1 N–H and O–H groups in total. The quantitative estimate of drug-likeness (QED) is 0.498. The fourth-order valence-electron chi connectivity index (χ4n) is 2.29. The van der Waals surface area contributed by atoms with Gasteiger partial charge in [0.1, 0.15) is 0 Å². The predicted molar refractivity (Wildman–Crippen MR) is 64.0 cm³/mol. The van der Waals surface area contributed by atoms with Gasteiger partial charge < -0.3 is 10.1 Å². The molecule has 18 heavy (non-hydrogen) atoms. The third-order valence-electron chi connectivity index (χ3n) is 3.17. The Morgan fingerprint density at radius 1 is 1.56 bits per heavy atom. The second kappa shape index (κ2) is 5.14. The molecule has 0 spiro atoms. The van der Waals surface area contributed by atoms with E-state index in [4.69, 9.17) is 4.74 Å². The minimum atomic E-state index is -0.439. The van der Waals surface area contributed by atoms with Gasteiger partial charge in [0.15, 0.2) is 0 Å². The van der Waals surface area contributed by atoms with E-state index in [1.807, 2.05) is 0 Å². The van der Waals surface area contributed by atoms with Crippen LogP contribution in [0.15, 0.2) is 24.3 Å². The molecule has 0 amide bonds. The van der Waals surface area contributed by atoms with Crippen LogP contribution in [-0.4, -0.2) is 24.5 Å². The first kappa shape index (κ1) is 12.5. The SMILES string of the molecule is COC(=O)[C@@H]1CCN[C@@H]1c1cccc([N+](=O)[O-])c1. The van der Waals surface area contributed by atoms with Crippen LogP contribution in [0.5, 0.6) is 0 Å². The van der Waals surface area contributed by atoms with Crippen LogP contribution in [0.2, 0.25) is 0 Å². The first-order valence-electron chi connectivity index (χ1n) is 5.69. The highest BCUT2D eigenvalue weighted by Gasteiger charge is 2.35. The Kier molecular flexibility index (Phi) is 3.57. The Morgan fingerprint density at radius 3 is 3.00 bits per heavy atom. The average molecular weight is 250 g/mol. The molecule has 0 bridgehead atoms. The Bertz CT molecular complexity index is 475. The first-order valence-corrected chi connectivity index (χ1v) is 5.69. The van der Waals surface area contributed by atoms with Gasteiger partial charge in [-0.15, -0.1) is 0 Å². The molecule has 1 aromatic rings. The van der Waals surface area contributed by atoms with Crippen molar-refractivity contribution in [3.63, 3.8) is 0 Å². The van der Waals surface area contributed by atoms with Crippen molar-refractivity contribution < 1.29 is 14.5 Å². The molecule has 1 aliphatic heterocycles. The highest BCUT2D eigenvalue weighted by Crippen LogP contribution is 2.31. The van der Waals surface area contributed by atoms with Crippen molar-refractivity contribution in [2.24, 2.45) is 5.92 Å². The molecular formula is C12H14N2O4. The fourth-order valence-corrected chi connectivity index (χ4v) is 2.29. The number of nitrogens with zero attached hydrogens (tertiary/aromatic N) is 1. The Hall–Kier alpha value is -1.95. The zero-order chi connectivity index (χ0) is 13.1. The normalized spacial score (nSPS) is 22.7. The van der Waals surface area contributed by atoms with Crippen molar-refractivity contribution in [2.45, 2.75) is 12.5 Å². The van der Waals surface area contributed by atoms with Gasteiger partial charge in [-0.1, -0.05) is 12.1 Å². The van der Waals surface area contributed by atoms with Gasteiger partial charge in [-0.2, -0.15) is 0 Å². The summed E-state index contributed by atoms with van der Waals surface area (Å²) in [6.07, 6.45) is 0.681. The monoisotopic (exact) mass is 250 g/mol. The molecule has 1 aromatic carbocycles. The number of carbonyl (C=O) groups is 1. The maximum absolute atomic E-state index is 11.6. The molecule has 2 atom stereocenters. The summed E-state index contributed by atoms with van der Waals surface area (Å²) in [5.41, 5.74) is 0.780. The van der Waals surface area contributed by atoms with E-state index in [9.17, 15) is 14.9 Å². The lowest BCUT2D eigenvalue weighted by Gasteiger charge is -2.17. The molecule has 1 fully saturated rings. The molecule has 0 unspecified atom stereocenters. The molecule has 1 saturated heterocycles. The zero-order valence-electron chi connectivity index (χ0n) is 9.96. The standard InChI is InChI=1S/C12H14N2O4/c1-18-12(15)10-5-6-13-11(10)8-3-2-4-9(7-8)14(16)17/h2-4,7,10-11,13H,5-6H2,1H3/t10-,11-/m1/s1. The van der Waals surface area contributed by atoms with Crippen LogP contribution in [0.1, 0.15) is 18.0 Å². The van der Waals surface area contributed by atoms with E-state index in [1.54, 1.807) is 12.1 Å². The number of carbonyl (C=O) groups excluding carboxylic acids is 1. The molecule has 0 radical (unpaired) electrons. The maximum atomic E-state index is 11.6. The van der Waals surface area contributed by atoms with Crippen LogP contribution in [0.3, 0.4) is 0 Å². The van der Waals surface area contributed by atoms with Crippen LogP contribution < -0.4 is 5.32 Å². The topological polar surface area (TPSA) is 81.5 Å². The number of ether oxygens (including phenoxy) is 1. The number of rotatable bonds is 3. The number of nitrogens with one attached hydrogen (secondary N) is 1. The number of non-ortho nitro benzene ring substituents is 1. The predicted octanol–water partition coefficient (Wildman–Crippen LogP) is 1.42. The lowest BCUT2D eigenvalue weighted by Crippen LogP contribution is -2.24. The third kappa shape index (κ3) is 2.33. The van der Waals surface area contributed by atoms with Crippen LogP contribution in [-0.2, 0) is 9.53 Å². The van der Waals surface area contributed by atoms with Gasteiger partial charge in [0, 0.05) is 18.2 Å².